The molecule has 282 valence electrons. The summed E-state index contributed by atoms with van der Waals surface area (Å²) >= 11 is 0. The summed E-state index contributed by atoms with van der Waals surface area (Å²) in [5, 5.41) is 17.0. The van der Waals surface area contributed by atoms with Crippen LogP contribution >= 0.6 is 0 Å². The van der Waals surface area contributed by atoms with Gasteiger partial charge in [0.15, 0.2) is 0 Å². The van der Waals surface area contributed by atoms with E-state index in [9.17, 15) is 0 Å². The van der Waals surface area contributed by atoms with Crippen LogP contribution in [0.4, 0.5) is 0 Å². The number of furan rings is 1. The Kier molecular flexibility index (Phi) is 7.37. The molecule has 13 rings (SSSR count). The highest BCUT2D eigenvalue weighted by Crippen LogP contribution is 2.49. The van der Waals surface area contributed by atoms with E-state index in [0.717, 1.165) is 33.1 Å². The minimum atomic E-state index is 0.882. The third kappa shape index (κ3) is 5.02. The molecule has 13 aromatic rings. The average molecular weight is 773 g/mol. The molecule has 61 heavy (non-hydrogen) atoms. The number of fused-ring (bicyclic) bond motifs is 9. The van der Waals surface area contributed by atoms with Crippen molar-refractivity contribution >= 4 is 86.6 Å². The molecule has 1 heterocycles. The minimum Gasteiger partial charge on any atom is -0.455 e. The molecule has 0 aliphatic heterocycles. The molecule has 0 unspecified atom stereocenters. The summed E-state index contributed by atoms with van der Waals surface area (Å²) in [7, 11) is 0. The first kappa shape index (κ1) is 33.9. The highest BCUT2D eigenvalue weighted by Gasteiger charge is 2.23. The number of rotatable bonds is 4. The molecule has 12 aromatic carbocycles. The molecule has 0 bridgehead atoms. The highest BCUT2D eigenvalue weighted by molar-refractivity contribution is 6.27. The SMILES string of the molecule is c1ccc2c(-c3c4ccccc4c(-c4ccc5c(c4)oc4c(-c6c7ccccc7c(-c7cccc8ccccc78)c7ccccc67)cccc45)c4ccccc34)cccc2c1. The summed E-state index contributed by atoms with van der Waals surface area (Å²) in [5.74, 6) is 0. The molecular weight excluding hydrogens is 737 g/mol. The lowest BCUT2D eigenvalue weighted by Gasteiger charge is -2.18. The minimum absolute atomic E-state index is 0.882. The van der Waals surface area contributed by atoms with Crippen LogP contribution in [-0.4, -0.2) is 0 Å². The zero-order valence-electron chi connectivity index (χ0n) is 33.2. The first-order valence-electron chi connectivity index (χ1n) is 21.1. The summed E-state index contributed by atoms with van der Waals surface area (Å²) in [4.78, 5) is 0. The molecule has 0 saturated carbocycles. The van der Waals surface area contributed by atoms with Crippen LogP contribution in [0.2, 0.25) is 0 Å². The monoisotopic (exact) mass is 772 g/mol. The molecule has 0 saturated heterocycles. The summed E-state index contributed by atoms with van der Waals surface area (Å²) in [5.41, 5.74) is 11.5. The molecule has 1 nitrogen and oxygen atoms in total. The fraction of sp³-hybridized carbons (Fsp3) is 0. The molecule has 0 spiro atoms. The van der Waals surface area contributed by atoms with Crippen molar-refractivity contribution in [1.29, 1.82) is 0 Å². The van der Waals surface area contributed by atoms with Crippen LogP contribution in [0.5, 0.6) is 0 Å². The van der Waals surface area contributed by atoms with Gasteiger partial charge in [0.2, 0.25) is 0 Å². The number of para-hydroxylation sites is 1. The van der Waals surface area contributed by atoms with Crippen molar-refractivity contribution in [3.8, 4) is 44.5 Å². The Hall–Kier alpha value is -8.00. The van der Waals surface area contributed by atoms with Crippen molar-refractivity contribution in [2.24, 2.45) is 0 Å². The third-order valence-corrected chi connectivity index (χ3v) is 13.0. The van der Waals surface area contributed by atoms with Gasteiger partial charge in [0.05, 0.1) is 0 Å². The molecule has 0 aliphatic carbocycles. The first-order valence-corrected chi connectivity index (χ1v) is 21.1. The lowest BCUT2D eigenvalue weighted by atomic mass is 9.84. The van der Waals surface area contributed by atoms with E-state index in [1.54, 1.807) is 0 Å². The van der Waals surface area contributed by atoms with Crippen LogP contribution in [0.3, 0.4) is 0 Å². The van der Waals surface area contributed by atoms with Gasteiger partial charge in [-0.05, 0) is 110 Å². The van der Waals surface area contributed by atoms with Gasteiger partial charge in [-0.2, -0.15) is 0 Å². The van der Waals surface area contributed by atoms with E-state index in [1.165, 1.54) is 98.0 Å². The first-order chi connectivity index (χ1) is 30.3. The molecule has 1 heteroatoms. The van der Waals surface area contributed by atoms with Crippen LogP contribution in [-0.2, 0) is 0 Å². The second-order valence-corrected chi connectivity index (χ2v) is 16.2. The summed E-state index contributed by atoms with van der Waals surface area (Å²) < 4.78 is 7.14. The number of benzene rings is 12. The zero-order chi connectivity index (χ0) is 40.0. The lowest BCUT2D eigenvalue weighted by Crippen LogP contribution is -1.91. The molecule has 0 radical (unpaired) electrons. The normalized spacial score (nSPS) is 11.9. The Morgan fingerprint density at radius 3 is 1.05 bits per heavy atom. The second-order valence-electron chi connectivity index (χ2n) is 16.2. The average Bonchev–Trinajstić information content (AvgIpc) is 3.70. The van der Waals surface area contributed by atoms with Gasteiger partial charge in [-0.15, -0.1) is 0 Å². The van der Waals surface area contributed by atoms with Crippen molar-refractivity contribution in [3.05, 3.63) is 218 Å². The maximum atomic E-state index is 7.14. The molecular formula is C60H36O. The van der Waals surface area contributed by atoms with Crippen LogP contribution in [0, 0.1) is 0 Å². The van der Waals surface area contributed by atoms with Gasteiger partial charge in [-0.1, -0.05) is 206 Å². The molecule has 0 atom stereocenters. The highest BCUT2D eigenvalue weighted by atomic mass is 16.3. The van der Waals surface area contributed by atoms with E-state index in [2.05, 4.69) is 218 Å². The van der Waals surface area contributed by atoms with Gasteiger partial charge in [-0.3, -0.25) is 0 Å². The van der Waals surface area contributed by atoms with Crippen LogP contribution < -0.4 is 0 Å². The van der Waals surface area contributed by atoms with Crippen molar-refractivity contribution in [2.75, 3.05) is 0 Å². The topological polar surface area (TPSA) is 13.1 Å². The van der Waals surface area contributed by atoms with Gasteiger partial charge in [0.25, 0.3) is 0 Å². The number of hydrogen-bond donors (Lipinski definition) is 0. The van der Waals surface area contributed by atoms with Gasteiger partial charge in [-0.25, -0.2) is 0 Å². The van der Waals surface area contributed by atoms with Crippen LogP contribution in [0.1, 0.15) is 0 Å². The van der Waals surface area contributed by atoms with E-state index >= 15 is 0 Å². The summed E-state index contributed by atoms with van der Waals surface area (Å²) in [6, 6.07) is 79.8. The van der Waals surface area contributed by atoms with E-state index in [4.69, 9.17) is 4.42 Å². The van der Waals surface area contributed by atoms with E-state index < -0.39 is 0 Å². The van der Waals surface area contributed by atoms with E-state index in [1.807, 2.05) is 0 Å². The van der Waals surface area contributed by atoms with Gasteiger partial charge in [0.1, 0.15) is 11.2 Å². The predicted molar refractivity (Wildman–Crippen MR) is 260 cm³/mol. The third-order valence-electron chi connectivity index (χ3n) is 13.0. The maximum Gasteiger partial charge on any atom is 0.143 e. The van der Waals surface area contributed by atoms with Crippen LogP contribution in [0.25, 0.3) is 131 Å². The Morgan fingerprint density at radius 1 is 0.230 bits per heavy atom. The van der Waals surface area contributed by atoms with Crippen LogP contribution in [0.15, 0.2) is 223 Å². The van der Waals surface area contributed by atoms with E-state index in [-0.39, 0.29) is 0 Å². The molecule has 0 amide bonds. The second kappa shape index (κ2) is 13.3. The Morgan fingerprint density at radius 2 is 0.574 bits per heavy atom. The molecule has 0 aliphatic rings. The summed E-state index contributed by atoms with van der Waals surface area (Å²) in [6.45, 7) is 0. The predicted octanol–water partition coefficient (Wildman–Crippen LogP) is 17.2. The zero-order valence-corrected chi connectivity index (χ0v) is 33.2. The number of hydrogen-bond acceptors (Lipinski definition) is 1. The molecule has 0 N–H and O–H groups in total. The van der Waals surface area contributed by atoms with Crippen molar-refractivity contribution < 1.29 is 4.42 Å². The Bertz CT molecular complexity index is 3820. The fourth-order valence-corrected chi connectivity index (χ4v) is 10.5. The van der Waals surface area contributed by atoms with Crippen molar-refractivity contribution in [1.82, 2.24) is 0 Å². The Labute approximate surface area is 352 Å². The van der Waals surface area contributed by atoms with Gasteiger partial charge >= 0.3 is 0 Å². The Balaban J connectivity index is 1.05. The van der Waals surface area contributed by atoms with Gasteiger partial charge in [0, 0.05) is 21.9 Å². The van der Waals surface area contributed by atoms with Gasteiger partial charge < -0.3 is 4.42 Å². The lowest BCUT2D eigenvalue weighted by molar-refractivity contribution is 0.670. The molecule has 0 fully saturated rings. The van der Waals surface area contributed by atoms with Crippen molar-refractivity contribution in [3.63, 3.8) is 0 Å². The summed E-state index contributed by atoms with van der Waals surface area (Å²) in [6.07, 6.45) is 0. The largest absolute Gasteiger partial charge is 0.455 e. The van der Waals surface area contributed by atoms with E-state index in [0.29, 0.717) is 0 Å². The molecule has 1 aromatic heterocycles. The maximum absolute atomic E-state index is 7.14. The fourth-order valence-electron chi connectivity index (χ4n) is 10.5. The van der Waals surface area contributed by atoms with Crippen molar-refractivity contribution in [2.45, 2.75) is 0 Å². The smallest absolute Gasteiger partial charge is 0.143 e. The standard InChI is InChI=1S/C60H36O/c1-3-20-40-37(16-1)18-13-30-43(40)57-47-24-7-5-22-45(47)56(46-23-6-8-25-48(46)57)39-34-35-42-53-32-15-33-54(60(53)61-55(42)36-39)59-51-28-11-9-26-49(51)58(50-27-10-12-29-52(50)59)44-31-14-19-38-17-2-4-21-41(38)44/h1-36H. The quantitative estimate of drug-likeness (QED) is 0.162.